The Morgan fingerprint density at radius 1 is 1.00 bits per heavy atom. The average Bonchev–Trinajstić information content (AvgIpc) is 2.62. The second kappa shape index (κ2) is 7.96. The summed E-state index contributed by atoms with van der Waals surface area (Å²) in [6.07, 6.45) is 8.44. The molecule has 0 aromatic heterocycles. The highest BCUT2D eigenvalue weighted by Crippen LogP contribution is 2.33. The maximum absolute atomic E-state index is 5.97. The number of ether oxygens (including phenoxy) is 1. The first-order valence-electron chi connectivity index (χ1n) is 8.73. The lowest BCUT2D eigenvalue weighted by Gasteiger charge is -2.18. The van der Waals surface area contributed by atoms with Gasteiger partial charge in [0.1, 0.15) is 5.75 Å². The normalized spacial score (nSPS) is 15.9. The van der Waals surface area contributed by atoms with Gasteiger partial charge in [-0.15, -0.1) is 0 Å². The van der Waals surface area contributed by atoms with Crippen molar-refractivity contribution in [3.8, 4) is 16.9 Å². The van der Waals surface area contributed by atoms with Crippen molar-refractivity contribution in [1.29, 1.82) is 0 Å². The monoisotopic (exact) mass is 307 g/mol. The van der Waals surface area contributed by atoms with E-state index in [4.69, 9.17) is 9.73 Å². The summed E-state index contributed by atoms with van der Waals surface area (Å²) >= 11 is 0. The van der Waals surface area contributed by atoms with Crippen LogP contribution in [0.2, 0.25) is 0 Å². The van der Waals surface area contributed by atoms with Crippen molar-refractivity contribution < 1.29 is 4.74 Å². The van der Waals surface area contributed by atoms with Gasteiger partial charge in [0.25, 0.3) is 0 Å². The fourth-order valence-electron chi connectivity index (χ4n) is 3.22. The molecule has 1 aliphatic rings. The third kappa shape index (κ3) is 4.01. The highest BCUT2D eigenvalue weighted by Gasteiger charge is 2.13. The van der Waals surface area contributed by atoms with Crippen LogP contribution in [0.1, 0.15) is 44.6 Å². The zero-order valence-corrected chi connectivity index (χ0v) is 13.9. The number of para-hydroxylation sites is 1. The van der Waals surface area contributed by atoms with Crippen molar-refractivity contribution in [2.45, 2.75) is 45.1 Å². The molecule has 0 amide bonds. The lowest BCUT2D eigenvalue weighted by molar-refractivity contribution is 0.341. The molecule has 0 heterocycles. The number of nitrogens with zero attached hydrogens (tertiary/aromatic N) is 1. The fraction of sp³-hybridized carbons (Fsp3) is 0.381. The summed E-state index contributed by atoms with van der Waals surface area (Å²) in [4.78, 5) is 4.83. The van der Waals surface area contributed by atoms with E-state index >= 15 is 0 Å². The molecule has 23 heavy (non-hydrogen) atoms. The first-order valence-corrected chi connectivity index (χ1v) is 8.73. The van der Waals surface area contributed by atoms with Crippen molar-refractivity contribution in [1.82, 2.24) is 0 Å². The first kappa shape index (κ1) is 15.8. The Balaban J connectivity index is 1.91. The van der Waals surface area contributed by atoms with E-state index in [9.17, 15) is 0 Å². The molecule has 0 spiro atoms. The van der Waals surface area contributed by atoms with Crippen molar-refractivity contribution in [2.75, 3.05) is 6.61 Å². The van der Waals surface area contributed by atoms with Gasteiger partial charge in [-0.2, -0.15) is 0 Å². The van der Waals surface area contributed by atoms with Gasteiger partial charge in [-0.25, -0.2) is 0 Å². The van der Waals surface area contributed by atoms with Crippen LogP contribution in [0.5, 0.6) is 5.75 Å². The van der Waals surface area contributed by atoms with Gasteiger partial charge in [-0.3, -0.25) is 4.99 Å². The highest BCUT2D eigenvalue weighted by atomic mass is 16.5. The molecule has 0 radical (unpaired) electrons. The van der Waals surface area contributed by atoms with E-state index in [1.54, 1.807) is 0 Å². The zero-order valence-electron chi connectivity index (χ0n) is 13.9. The summed E-state index contributed by atoms with van der Waals surface area (Å²) in [5.74, 6) is 0.945. The molecule has 2 heteroatoms. The van der Waals surface area contributed by atoms with E-state index in [0.29, 0.717) is 12.6 Å². The molecule has 2 nitrogen and oxygen atoms in total. The Labute approximate surface area is 139 Å². The van der Waals surface area contributed by atoms with Gasteiger partial charge in [-0.1, -0.05) is 61.7 Å². The molecule has 1 aliphatic carbocycles. The molecular weight excluding hydrogens is 282 g/mol. The number of benzene rings is 2. The van der Waals surface area contributed by atoms with Crippen molar-refractivity contribution in [3.63, 3.8) is 0 Å². The van der Waals surface area contributed by atoms with Crippen LogP contribution in [0.4, 0.5) is 0 Å². The second-order valence-corrected chi connectivity index (χ2v) is 6.09. The Bertz CT molecular complexity index is 642. The molecule has 0 unspecified atom stereocenters. The molecule has 0 saturated heterocycles. The molecule has 1 saturated carbocycles. The van der Waals surface area contributed by atoms with Crippen molar-refractivity contribution >= 4 is 6.21 Å². The van der Waals surface area contributed by atoms with Crippen LogP contribution in [0.3, 0.4) is 0 Å². The Morgan fingerprint density at radius 3 is 2.52 bits per heavy atom. The van der Waals surface area contributed by atoms with Gasteiger partial charge < -0.3 is 4.74 Å². The maximum Gasteiger partial charge on any atom is 0.135 e. The predicted molar refractivity (Wildman–Crippen MR) is 97.5 cm³/mol. The van der Waals surface area contributed by atoms with Crippen LogP contribution in [-0.4, -0.2) is 18.9 Å². The van der Waals surface area contributed by atoms with E-state index in [2.05, 4.69) is 42.5 Å². The predicted octanol–water partition coefficient (Wildman–Crippen LogP) is 5.50. The quantitative estimate of drug-likeness (QED) is 0.668. The van der Waals surface area contributed by atoms with Crippen LogP contribution in [0.15, 0.2) is 53.5 Å². The minimum Gasteiger partial charge on any atom is -0.493 e. The van der Waals surface area contributed by atoms with Gasteiger partial charge in [0, 0.05) is 23.4 Å². The molecule has 0 atom stereocenters. The fourth-order valence-corrected chi connectivity index (χ4v) is 3.22. The molecule has 0 N–H and O–H groups in total. The van der Waals surface area contributed by atoms with Gasteiger partial charge in [0.15, 0.2) is 0 Å². The standard InChI is InChI=1S/C21H25NO/c1-2-23-21-18(16-22-19-13-7-4-8-14-19)12-9-15-20(21)17-10-5-3-6-11-17/h3,5-6,9-12,15-16,19H,2,4,7-8,13-14H2,1H3/b22-16+. The van der Waals surface area contributed by atoms with Crippen molar-refractivity contribution in [2.24, 2.45) is 4.99 Å². The number of aliphatic imine (C=N–C) groups is 1. The zero-order chi connectivity index (χ0) is 15.9. The van der Waals surface area contributed by atoms with Crippen molar-refractivity contribution in [3.05, 3.63) is 54.1 Å². The van der Waals surface area contributed by atoms with Gasteiger partial charge in [0.05, 0.1) is 6.61 Å². The summed E-state index contributed by atoms with van der Waals surface area (Å²) in [7, 11) is 0. The summed E-state index contributed by atoms with van der Waals surface area (Å²) in [5, 5.41) is 0. The Hall–Kier alpha value is -2.09. The molecule has 120 valence electrons. The largest absolute Gasteiger partial charge is 0.493 e. The SMILES string of the molecule is CCOc1c(/C=N/C2CCCCC2)cccc1-c1ccccc1. The molecule has 3 rings (SSSR count). The third-order valence-corrected chi connectivity index (χ3v) is 4.42. The molecule has 2 aromatic rings. The van der Waals surface area contributed by atoms with E-state index in [1.165, 1.54) is 37.7 Å². The summed E-state index contributed by atoms with van der Waals surface area (Å²) in [5.41, 5.74) is 3.41. The van der Waals surface area contributed by atoms with Gasteiger partial charge in [0.2, 0.25) is 0 Å². The summed E-state index contributed by atoms with van der Waals surface area (Å²) in [6, 6.07) is 17.2. The minimum atomic E-state index is 0.485. The van der Waals surface area contributed by atoms with Crippen LogP contribution in [0, 0.1) is 0 Å². The summed E-state index contributed by atoms with van der Waals surface area (Å²) in [6.45, 7) is 2.69. The van der Waals surface area contributed by atoms with Crippen LogP contribution in [-0.2, 0) is 0 Å². The van der Waals surface area contributed by atoms with E-state index < -0.39 is 0 Å². The molecule has 0 aliphatic heterocycles. The van der Waals surface area contributed by atoms with E-state index in [-0.39, 0.29) is 0 Å². The molecule has 2 aromatic carbocycles. The Kier molecular flexibility index (Phi) is 5.46. The molecule has 0 bridgehead atoms. The smallest absolute Gasteiger partial charge is 0.135 e. The Morgan fingerprint density at radius 2 is 1.78 bits per heavy atom. The van der Waals surface area contributed by atoms with Gasteiger partial charge >= 0.3 is 0 Å². The lowest BCUT2D eigenvalue weighted by atomic mass is 9.96. The topological polar surface area (TPSA) is 21.6 Å². The lowest BCUT2D eigenvalue weighted by Crippen LogP contribution is -2.10. The summed E-state index contributed by atoms with van der Waals surface area (Å²) < 4.78 is 5.97. The van der Waals surface area contributed by atoms with E-state index in [1.807, 2.05) is 19.2 Å². The molecule has 1 fully saturated rings. The minimum absolute atomic E-state index is 0.485. The van der Waals surface area contributed by atoms with Gasteiger partial charge in [-0.05, 0) is 31.4 Å². The molecular formula is C21H25NO. The maximum atomic E-state index is 5.97. The van der Waals surface area contributed by atoms with Crippen LogP contribution >= 0.6 is 0 Å². The second-order valence-electron chi connectivity index (χ2n) is 6.09. The first-order chi connectivity index (χ1) is 11.4. The number of rotatable bonds is 5. The average molecular weight is 307 g/mol. The highest BCUT2D eigenvalue weighted by molar-refractivity contribution is 5.89. The van der Waals surface area contributed by atoms with Crippen LogP contribution in [0.25, 0.3) is 11.1 Å². The number of hydrogen-bond acceptors (Lipinski definition) is 2. The third-order valence-electron chi connectivity index (χ3n) is 4.42. The number of hydrogen-bond donors (Lipinski definition) is 0. The van der Waals surface area contributed by atoms with Crippen LogP contribution < -0.4 is 4.74 Å². The van der Waals surface area contributed by atoms with E-state index in [0.717, 1.165) is 16.9 Å².